The van der Waals surface area contributed by atoms with Crippen LogP contribution in [-0.2, 0) is 16.0 Å². The first-order valence-electron chi connectivity index (χ1n) is 11.7. The van der Waals surface area contributed by atoms with Crippen LogP contribution in [0.4, 0.5) is 5.82 Å². The summed E-state index contributed by atoms with van der Waals surface area (Å²) in [5.74, 6) is 2.20. The Kier molecular flexibility index (Phi) is 7.02. The van der Waals surface area contributed by atoms with Gasteiger partial charge in [-0.15, -0.1) is 0 Å². The van der Waals surface area contributed by atoms with Crippen LogP contribution in [0.15, 0.2) is 36.4 Å². The van der Waals surface area contributed by atoms with E-state index in [1.165, 1.54) is 5.56 Å². The van der Waals surface area contributed by atoms with E-state index in [9.17, 15) is 9.59 Å². The summed E-state index contributed by atoms with van der Waals surface area (Å²) in [6, 6.07) is 12.1. The number of carbonyl (C=O) groups excluding carboxylic acids is 2. The first kappa shape index (κ1) is 22.2. The highest BCUT2D eigenvalue weighted by atomic mass is 16.2. The third kappa shape index (κ3) is 5.44. The second-order valence-electron chi connectivity index (χ2n) is 8.87. The molecule has 2 aliphatic heterocycles. The van der Waals surface area contributed by atoms with Crippen LogP contribution in [0.3, 0.4) is 0 Å². The number of amides is 2. The highest BCUT2D eigenvalue weighted by Gasteiger charge is 2.31. The number of likely N-dealkylation sites (tertiary alicyclic amines) is 1. The molecule has 0 bridgehead atoms. The maximum atomic E-state index is 13.1. The lowest BCUT2D eigenvalue weighted by Gasteiger charge is -2.39. The molecule has 2 saturated heterocycles. The van der Waals surface area contributed by atoms with Gasteiger partial charge in [0.1, 0.15) is 11.6 Å². The number of hydrogen-bond donors (Lipinski definition) is 0. The fourth-order valence-electron chi connectivity index (χ4n) is 4.70. The SMILES string of the molecule is Cc1cc(N2CCN(C(=O)C3CCN(C(=O)CCc4ccccc4)CC3)CC2)nc(C)n1. The lowest BCUT2D eigenvalue weighted by Crippen LogP contribution is -2.52. The average molecular weight is 436 g/mol. The zero-order valence-corrected chi connectivity index (χ0v) is 19.2. The van der Waals surface area contributed by atoms with E-state index in [0.29, 0.717) is 19.5 Å². The van der Waals surface area contributed by atoms with Crippen LogP contribution in [0.25, 0.3) is 0 Å². The van der Waals surface area contributed by atoms with Gasteiger partial charge in [-0.05, 0) is 38.7 Å². The third-order valence-electron chi connectivity index (χ3n) is 6.54. The Balaban J connectivity index is 1.22. The van der Waals surface area contributed by atoms with Gasteiger partial charge in [0.15, 0.2) is 0 Å². The van der Waals surface area contributed by atoms with Crippen molar-refractivity contribution in [2.75, 3.05) is 44.2 Å². The quantitative estimate of drug-likeness (QED) is 0.722. The van der Waals surface area contributed by atoms with Crippen molar-refractivity contribution in [3.63, 3.8) is 0 Å². The molecule has 32 heavy (non-hydrogen) atoms. The van der Waals surface area contributed by atoms with Crippen LogP contribution in [0.5, 0.6) is 0 Å². The van der Waals surface area contributed by atoms with Gasteiger partial charge in [-0.1, -0.05) is 30.3 Å². The molecule has 0 spiro atoms. The number of aromatic nitrogens is 2. The molecule has 0 saturated carbocycles. The topological polar surface area (TPSA) is 69.6 Å². The highest BCUT2D eigenvalue weighted by Crippen LogP contribution is 2.22. The van der Waals surface area contributed by atoms with Gasteiger partial charge in [-0.2, -0.15) is 0 Å². The second kappa shape index (κ2) is 10.1. The molecule has 2 amide bonds. The van der Waals surface area contributed by atoms with Gasteiger partial charge in [0, 0.05) is 63.4 Å². The molecule has 170 valence electrons. The monoisotopic (exact) mass is 435 g/mol. The Bertz CT molecular complexity index is 912. The van der Waals surface area contributed by atoms with Crippen molar-refractivity contribution < 1.29 is 9.59 Å². The average Bonchev–Trinajstić information content (AvgIpc) is 2.82. The molecule has 0 atom stereocenters. The molecule has 4 rings (SSSR count). The maximum absolute atomic E-state index is 13.1. The Morgan fingerprint density at radius 2 is 1.59 bits per heavy atom. The molecule has 2 fully saturated rings. The first-order valence-corrected chi connectivity index (χ1v) is 11.7. The van der Waals surface area contributed by atoms with Crippen LogP contribution in [0.1, 0.15) is 36.3 Å². The minimum absolute atomic E-state index is 0.0308. The van der Waals surface area contributed by atoms with E-state index in [0.717, 1.165) is 62.8 Å². The summed E-state index contributed by atoms with van der Waals surface area (Å²) in [5.41, 5.74) is 2.16. The van der Waals surface area contributed by atoms with Gasteiger partial charge in [0.25, 0.3) is 0 Å². The number of anilines is 1. The summed E-state index contributed by atoms with van der Waals surface area (Å²) in [6.45, 7) is 8.28. The van der Waals surface area contributed by atoms with Crippen LogP contribution >= 0.6 is 0 Å². The Morgan fingerprint density at radius 1 is 0.906 bits per heavy atom. The Hall–Kier alpha value is -2.96. The first-order chi connectivity index (χ1) is 15.5. The van der Waals surface area contributed by atoms with Gasteiger partial charge >= 0.3 is 0 Å². The molecule has 2 aromatic rings. The van der Waals surface area contributed by atoms with E-state index < -0.39 is 0 Å². The minimum atomic E-state index is 0.0308. The van der Waals surface area contributed by atoms with E-state index in [4.69, 9.17) is 0 Å². The van der Waals surface area contributed by atoms with Gasteiger partial charge in [-0.3, -0.25) is 9.59 Å². The fourth-order valence-corrected chi connectivity index (χ4v) is 4.70. The minimum Gasteiger partial charge on any atom is -0.353 e. The standard InChI is InChI=1S/C25H33N5O2/c1-19-18-23(27-20(2)26-19)28-14-16-30(17-15-28)25(32)22-10-12-29(13-11-22)24(31)9-8-21-6-4-3-5-7-21/h3-7,18,22H,8-17H2,1-2H3. The van der Waals surface area contributed by atoms with E-state index in [1.54, 1.807) is 0 Å². The van der Waals surface area contributed by atoms with Gasteiger partial charge in [0.2, 0.25) is 11.8 Å². The van der Waals surface area contributed by atoms with Crippen molar-refractivity contribution in [2.24, 2.45) is 5.92 Å². The van der Waals surface area contributed by atoms with Crippen LogP contribution in [0.2, 0.25) is 0 Å². The number of rotatable bonds is 5. The van der Waals surface area contributed by atoms with Crippen LogP contribution < -0.4 is 4.90 Å². The molecule has 2 aliphatic rings. The zero-order chi connectivity index (χ0) is 22.5. The fraction of sp³-hybridized carbons (Fsp3) is 0.520. The van der Waals surface area contributed by atoms with E-state index in [-0.39, 0.29) is 17.7 Å². The molecule has 0 radical (unpaired) electrons. The Labute approximate surface area is 190 Å². The molecule has 0 aliphatic carbocycles. The van der Waals surface area contributed by atoms with Gasteiger partial charge < -0.3 is 14.7 Å². The van der Waals surface area contributed by atoms with Crippen molar-refractivity contribution in [3.05, 3.63) is 53.5 Å². The summed E-state index contributed by atoms with van der Waals surface area (Å²) in [6.07, 6.45) is 2.83. The van der Waals surface area contributed by atoms with Crippen molar-refractivity contribution in [1.82, 2.24) is 19.8 Å². The van der Waals surface area contributed by atoms with E-state index in [1.807, 2.05) is 47.9 Å². The predicted molar refractivity (Wildman–Crippen MR) is 124 cm³/mol. The second-order valence-corrected chi connectivity index (χ2v) is 8.87. The van der Waals surface area contributed by atoms with E-state index >= 15 is 0 Å². The molecule has 0 N–H and O–H groups in total. The maximum Gasteiger partial charge on any atom is 0.225 e. The highest BCUT2D eigenvalue weighted by molar-refractivity contribution is 5.80. The number of piperazine rings is 1. The summed E-state index contributed by atoms with van der Waals surface area (Å²) in [4.78, 5) is 40.7. The molecule has 3 heterocycles. The number of aryl methyl sites for hydroxylation is 3. The summed E-state index contributed by atoms with van der Waals surface area (Å²) < 4.78 is 0. The van der Waals surface area contributed by atoms with Crippen molar-refractivity contribution in [2.45, 2.75) is 39.5 Å². The lowest BCUT2D eigenvalue weighted by atomic mass is 9.94. The van der Waals surface area contributed by atoms with Crippen molar-refractivity contribution in [3.8, 4) is 0 Å². The molecule has 1 aromatic heterocycles. The number of carbonyl (C=O) groups is 2. The zero-order valence-electron chi connectivity index (χ0n) is 19.2. The number of hydrogen-bond acceptors (Lipinski definition) is 5. The number of benzene rings is 1. The predicted octanol–water partition coefficient (Wildman–Crippen LogP) is 2.61. The largest absolute Gasteiger partial charge is 0.353 e. The smallest absolute Gasteiger partial charge is 0.225 e. The van der Waals surface area contributed by atoms with Crippen molar-refractivity contribution >= 4 is 17.6 Å². The molecular formula is C25H33N5O2. The van der Waals surface area contributed by atoms with Gasteiger partial charge in [-0.25, -0.2) is 9.97 Å². The normalized spacial score (nSPS) is 17.5. The van der Waals surface area contributed by atoms with E-state index in [2.05, 4.69) is 27.0 Å². The molecule has 7 heteroatoms. The van der Waals surface area contributed by atoms with Gasteiger partial charge in [0.05, 0.1) is 0 Å². The van der Waals surface area contributed by atoms with Crippen LogP contribution in [0, 0.1) is 19.8 Å². The third-order valence-corrected chi connectivity index (χ3v) is 6.54. The Morgan fingerprint density at radius 3 is 2.25 bits per heavy atom. The molecule has 7 nitrogen and oxygen atoms in total. The van der Waals surface area contributed by atoms with Crippen molar-refractivity contribution in [1.29, 1.82) is 0 Å². The number of piperidine rings is 1. The van der Waals surface area contributed by atoms with Crippen LogP contribution in [-0.4, -0.2) is 70.9 Å². The lowest BCUT2D eigenvalue weighted by molar-refractivity contribution is -0.141. The summed E-state index contributed by atoms with van der Waals surface area (Å²) >= 11 is 0. The molecule has 1 aromatic carbocycles. The molecule has 0 unspecified atom stereocenters. The molecular weight excluding hydrogens is 402 g/mol. The number of nitrogens with zero attached hydrogens (tertiary/aromatic N) is 5. The summed E-state index contributed by atoms with van der Waals surface area (Å²) in [5, 5.41) is 0. The summed E-state index contributed by atoms with van der Waals surface area (Å²) in [7, 11) is 0.